The number of nitrogens with one attached hydrogen (secondary N) is 1. The molecule has 8 nitrogen and oxygen atoms in total. The van der Waals surface area contributed by atoms with Crippen molar-refractivity contribution in [2.24, 2.45) is 0 Å². The molecule has 30 heavy (non-hydrogen) atoms. The lowest BCUT2D eigenvalue weighted by Crippen LogP contribution is -2.41. The van der Waals surface area contributed by atoms with Crippen molar-refractivity contribution in [1.82, 2.24) is 25.0 Å². The van der Waals surface area contributed by atoms with E-state index in [4.69, 9.17) is 11.6 Å². The number of carbonyl (C=O) groups is 2. The number of fused-ring (bicyclic) bond motifs is 1. The van der Waals surface area contributed by atoms with Crippen molar-refractivity contribution in [1.29, 1.82) is 0 Å². The first-order valence-electron chi connectivity index (χ1n) is 9.05. The smallest absolute Gasteiger partial charge is 0.275 e. The van der Waals surface area contributed by atoms with Gasteiger partial charge in [0, 0.05) is 32.5 Å². The van der Waals surface area contributed by atoms with E-state index in [9.17, 15) is 19.1 Å². The second-order valence-electron chi connectivity index (χ2n) is 6.90. The van der Waals surface area contributed by atoms with Crippen LogP contribution in [0, 0.1) is 5.82 Å². The molecule has 0 bridgehead atoms. The average molecular weight is 430 g/mol. The molecule has 1 aliphatic heterocycles. The van der Waals surface area contributed by atoms with Crippen LogP contribution in [-0.4, -0.2) is 50.2 Å². The van der Waals surface area contributed by atoms with Crippen LogP contribution in [-0.2, 0) is 6.54 Å². The van der Waals surface area contributed by atoms with Gasteiger partial charge in [-0.05, 0) is 35.4 Å². The highest BCUT2D eigenvalue weighted by Gasteiger charge is 2.37. The van der Waals surface area contributed by atoms with Crippen molar-refractivity contribution in [2.75, 3.05) is 13.6 Å². The van der Waals surface area contributed by atoms with Crippen LogP contribution < -0.4 is 5.32 Å². The third-order valence-corrected chi connectivity index (χ3v) is 5.21. The molecular weight excluding hydrogens is 413 g/mol. The first-order valence-corrected chi connectivity index (χ1v) is 9.43. The molecule has 1 unspecified atom stereocenters. The van der Waals surface area contributed by atoms with Gasteiger partial charge in [-0.1, -0.05) is 17.7 Å². The van der Waals surface area contributed by atoms with Crippen molar-refractivity contribution in [3.8, 4) is 5.75 Å². The Bertz CT molecular complexity index is 1130. The summed E-state index contributed by atoms with van der Waals surface area (Å²) in [5.74, 6) is -2.15. The summed E-state index contributed by atoms with van der Waals surface area (Å²) in [6.45, 7) is 0.369. The maximum Gasteiger partial charge on any atom is 0.275 e. The maximum absolute atomic E-state index is 13.3. The van der Waals surface area contributed by atoms with Crippen LogP contribution in [0.15, 0.2) is 42.7 Å². The summed E-state index contributed by atoms with van der Waals surface area (Å²) < 4.78 is 14.7. The number of pyridine rings is 1. The van der Waals surface area contributed by atoms with Crippen molar-refractivity contribution in [3.63, 3.8) is 0 Å². The molecule has 1 aromatic carbocycles. The summed E-state index contributed by atoms with van der Waals surface area (Å²) >= 11 is 5.75. The second kappa shape index (κ2) is 7.75. The minimum atomic E-state index is -0.668. The molecule has 0 fully saturated rings. The van der Waals surface area contributed by atoms with Crippen molar-refractivity contribution >= 4 is 23.4 Å². The number of hydrogen-bond donors (Lipinski definition) is 2. The van der Waals surface area contributed by atoms with E-state index in [0.29, 0.717) is 12.1 Å². The number of amides is 2. The van der Waals surface area contributed by atoms with E-state index < -0.39 is 23.4 Å². The third-order valence-electron chi connectivity index (χ3n) is 4.92. The van der Waals surface area contributed by atoms with Gasteiger partial charge in [0.15, 0.2) is 17.1 Å². The molecule has 0 saturated carbocycles. The largest absolute Gasteiger partial charge is 0.504 e. The zero-order valence-electron chi connectivity index (χ0n) is 15.8. The van der Waals surface area contributed by atoms with Crippen LogP contribution in [0.25, 0.3) is 0 Å². The molecule has 2 amide bonds. The number of benzene rings is 1. The van der Waals surface area contributed by atoms with E-state index in [0.717, 1.165) is 5.56 Å². The predicted molar refractivity (Wildman–Crippen MR) is 106 cm³/mol. The first kappa shape index (κ1) is 19.8. The lowest BCUT2D eigenvalue weighted by atomic mass is 10.1. The Morgan fingerprint density at radius 1 is 1.33 bits per heavy atom. The lowest BCUT2D eigenvalue weighted by molar-refractivity contribution is 0.0719. The van der Waals surface area contributed by atoms with Crippen molar-refractivity contribution in [2.45, 2.75) is 12.6 Å². The average Bonchev–Trinajstić information content (AvgIpc) is 3.09. The number of halogens is 2. The molecule has 0 aliphatic carbocycles. The zero-order valence-corrected chi connectivity index (χ0v) is 16.6. The van der Waals surface area contributed by atoms with E-state index in [-0.39, 0.29) is 29.0 Å². The summed E-state index contributed by atoms with van der Waals surface area (Å²) in [7, 11) is 1.62. The lowest BCUT2D eigenvalue weighted by Gasteiger charge is -2.31. The molecular formula is C20H17ClFN5O3. The highest BCUT2D eigenvalue weighted by atomic mass is 35.5. The predicted octanol–water partition coefficient (Wildman–Crippen LogP) is 2.38. The fourth-order valence-electron chi connectivity index (χ4n) is 3.35. The van der Waals surface area contributed by atoms with E-state index >= 15 is 0 Å². The molecule has 3 aromatic rings. The van der Waals surface area contributed by atoms with Gasteiger partial charge in [0.2, 0.25) is 0 Å². The monoisotopic (exact) mass is 429 g/mol. The Morgan fingerprint density at radius 2 is 2.07 bits per heavy atom. The Kier molecular flexibility index (Phi) is 5.13. The number of aromatic hydroxyl groups is 1. The Balaban J connectivity index is 1.64. The minimum Gasteiger partial charge on any atom is -0.504 e. The Hall–Kier alpha value is -3.46. The van der Waals surface area contributed by atoms with Gasteiger partial charge >= 0.3 is 0 Å². The highest BCUT2D eigenvalue weighted by molar-refractivity contribution is 6.30. The molecule has 2 aromatic heterocycles. The molecule has 1 atom stereocenters. The number of likely N-dealkylation sites (N-methyl/N-ethyl adjacent to an activating group) is 1. The van der Waals surface area contributed by atoms with E-state index in [1.165, 1.54) is 27.8 Å². The van der Waals surface area contributed by atoms with Crippen LogP contribution in [0.3, 0.4) is 0 Å². The maximum atomic E-state index is 13.3. The fraction of sp³-hybridized carbons (Fsp3) is 0.200. The molecule has 0 saturated heterocycles. The topological polar surface area (TPSA) is 100 Å². The van der Waals surface area contributed by atoms with Crippen LogP contribution in [0.4, 0.5) is 4.39 Å². The van der Waals surface area contributed by atoms with Crippen LogP contribution in [0.5, 0.6) is 5.75 Å². The van der Waals surface area contributed by atoms with Gasteiger partial charge in [-0.3, -0.25) is 14.6 Å². The normalized spacial score (nSPS) is 15.8. The highest BCUT2D eigenvalue weighted by Crippen LogP contribution is 2.33. The molecule has 1 aliphatic rings. The minimum absolute atomic E-state index is 0.0437. The molecule has 0 spiro atoms. The summed E-state index contributed by atoms with van der Waals surface area (Å²) in [5.41, 5.74) is 1.09. The molecule has 4 rings (SSSR count). The third kappa shape index (κ3) is 3.48. The van der Waals surface area contributed by atoms with Gasteiger partial charge in [-0.25, -0.2) is 9.07 Å². The standard InChI is InChI=1S/C20H17ClFN5O3/c1-26-10-15(12-4-6-23-7-5-12)27-17(20(26)30)18(28)16(25-27)19(29)24-9-11-2-3-14(22)13(21)8-11/h2-8,15,28H,9-10H2,1H3,(H,24,29). The molecule has 154 valence electrons. The number of rotatable bonds is 4. The van der Waals surface area contributed by atoms with E-state index in [1.54, 1.807) is 31.6 Å². The van der Waals surface area contributed by atoms with E-state index in [2.05, 4.69) is 15.4 Å². The van der Waals surface area contributed by atoms with Gasteiger partial charge in [-0.2, -0.15) is 5.10 Å². The Labute approximate surface area is 175 Å². The molecule has 3 heterocycles. The number of hydrogen-bond acceptors (Lipinski definition) is 5. The molecule has 10 heteroatoms. The summed E-state index contributed by atoms with van der Waals surface area (Å²) in [6.07, 6.45) is 3.24. The fourth-order valence-corrected chi connectivity index (χ4v) is 3.55. The first-order chi connectivity index (χ1) is 14.4. The Morgan fingerprint density at radius 3 is 2.77 bits per heavy atom. The summed E-state index contributed by atoms with van der Waals surface area (Å²) in [5, 5.41) is 17.4. The van der Waals surface area contributed by atoms with Gasteiger partial charge < -0.3 is 15.3 Å². The van der Waals surface area contributed by atoms with E-state index in [1.807, 2.05) is 0 Å². The second-order valence-corrected chi connectivity index (χ2v) is 7.31. The summed E-state index contributed by atoms with van der Waals surface area (Å²) in [4.78, 5) is 30.7. The zero-order chi connectivity index (χ0) is 21.4. The van der Waals surface area contributed by atoms with Crippen LogP contribution in [0.1, 0.15) is 38.1 Å². The number of nitrogens with zero attached hydrogens (tertiary/aromatic N) is 4. The van der Waals surface area contributed by atoms with Gasteiger partial charge in [0.1, 0.15) is 5.82 Å². The number of carbonyl (C=O) groups excluding carboxylic acids is 2. The van der Waals surface area contributed by atoms with Crippen molar-refractivity contribution < 1.29 is 19.1 Å². The van der Waals surface area contributed by atoms with Gasteiger partial charge in [0.05, 0.1) is 11.1 Å². The quantitative estimate of drug-likeness (QED) is 0.663. The number of aromatic nitrogens is 3. The molecule has 0 radical (unpaired) electrons. The van der Waals surface area contributed by atoms with Crippen LogP contribution >= 0.6 is 11.6 Å². The van der Waals surface area contributed by atoms with Gasteiger partial charge in [0.25, 0.3) is 11.8 Å². The summed E-state index contributed by atoms with van der Waals surface area (Å²) in [6, 6.07) is 7.27. The SMILES string of the molecule is CN1CC(c2ccncc2)n2nc(C(=O)NCc3ccc(F)c(Cl)c3)c(O)c2C1=O. The van der Waals surface area contributed by atoms with Gasteiger partial charge in [-0.15, -0.1) is 0 Å². The van der Waals surface area contributed by atoms with Crippen LogP contribution in [0.2, 0.25) is 5.02 Å². The molecule has 2 N–H and O–H groups in total. The van der Waals surface area contributed by atoms with Crippen molar-refractivity contribution in [3.05, 3.63) is 76.1 Å².